The van der Waals surface area contributed by atoms with Crippen molar-refractivity contribution in [2.24, 2.45) is 5.92 Å². The first-order chi connectivity index (χ1) is 34.2. The second kappa shape index (κ2) is 23.8. The largest absolute Gasteiger partial charge is 0.488 e. The van der Waals surface area contributed by atoms with E-state index in [1.807, 2.05) is 50.2 Å². The second-order valence-corrected chi connectivity index (χ2v) is 19.2. The molecule has 5 N–H and O–H groups in total. The smallest absolute Gasteiger partial charge is 0.323 e. The fraction of sp³-hybridized carbons (Fsp3) is 0.309. The Morgan fingerprint density at radius 2 is 1.21 bits per heavy atom. The van der Waals surface area contributed by atoms with Gasteiger partial charge in [-0.25, -0.2) is 4.85 Å². The molecule has 0 aliphatic carbocycles. The molecule has 4 aromatic carbocycles. The van der Waals surface area contributed by atoms with Crippen LogP contribution in [0.5, 0.6) is 23.0 Å². The zero-order valence-corrected chi connectivity index (χ0v) is 42.1. The average Bonchev–Trinajstić information content (AvgIpc) is 3.32. The normalized spacial score (nSPS) is 12.3. The van der Waals surface area contributed by atoms with Crippen LogP contribution in [0.3, 0.4) is 0 Å². The summed E-state index contributed by atoms with van der Waals surface area (Å²) >= 11 is 13.7. The van der Waals surface area contributed by atoms with E-state index in [4.69, 9.17) is 48.7 Å². The number of ether oxygens (including phenoxy) is 4. The summed E-state index contributed by atoms with van der Waals surface area (Å²) in [7, 11) is 0. The molecule has 0 aliphatic rings. The van der Waals surface area contributed by atoms with Crippen molar-refractivity contribution >= 4 is 40.8 Å². The number of carboxylic acid groups (broad SMARTS) is 2. The van der Waals surface area contributed by atoms with E-state index < -0.39 is 35.1 Å². The third-order valence-electron chi connectivity index (χ3n) is 12.1. The molecular weight excluding hydrogens is 962 g/mol. The Morgan fingerprint density at radius 1 is 0.694 bits per heavy atom. The van der Waals surface area contributed by atoms with Gasteiger partial charge in [0, 0.05) is 54.6 Å². The molecule has 0 aliphatic heterocycles. The Morgan fingerprint density at radius 3 is 1.71 bits per heavy atom. The standard InChI is InChI=1S/C55H55Cl2N5O10/c1-32-38(30-71-49-20-47(69-29-36-17-41(59-7)27-61-25-36)37(18-45(49)56)14-15-44(52(63)64)54(3,4)67)10-8-12-42(32)43-13-9-11-39(33(43)2)31-72-50-21-48(70-28-35-16-34(22-58)23-60-24-35)40(19-46(50)57)26-62-51(53(65)66)55(5,6)68/h8-13,16-21,23-25,27,44,51,62,67-68H,14-15,26,28-31H2,1-6H3,(H,63,64)(H,65,66)/t44-,51-/m1/s1. The summed E-state index contributed by atoms with van der Waals surface area (Å²) in [6.07, 6.45) is 6.41. The number of halogens is 2. The summed E-state index contributed by atoms with van der Waals surface area (Å²) in [5, 5.41) is 53.6. The molecule has 0 unspecified atom stereocenters. The number of nitriles is 1. The van der Waals surface area contributed by atoms with Gasteiger partial charge in [0.1, 0.15) is 61.5 Å². The summed E-state index contributed by atoms with van der Waals surface area (Å²) in [5.74, 6) is -2.04. The van der Waals surface area contributed by atoms with Crippen LogP contribution in [-0.2, 0) is 49.0 Å². The van der Waals surface area contributed by atoms with Gasteiger partial charge in [-0.05, 0) is 123 Å². The lowest BCUT2D eigenvalue weighted by atomic mass is 9.86. The van der Waals surface area contributed by atoms with Gasteiger partial charge >= 0.3 is 11.9 Å². The van der Waals surface area contributed by atoms with E-state index >= 15 is 0 Å². The number of rotatable bonds is 23. The maximum atomic E-state index is 12.1. The molecule has 6 rings (SSSR count). The molecule has 2 atom stereocenters. The van der Waals surface area contributed by atoms with Crippen molar-refractivity contribution in [2.45, 2.75) is 105 Å². The Hall–Kier alpha value is -7.24. The van der Waals surface area contributed by atoms with Crippen LogP contribution in [0.25, 0.3) is 16.0 Å². The van der Waals surface area contributed by atoms with Crippen molar-refractivity contribution in [2.75, 3.05) is 0 Å². The quantitative estimate of drug-likeness (QED) is 0.0377. The van der Waals surface area contributed by atoms with Crippen LogP contribution < -0.4 is 24.3 Å². The van der Waals surface area contributed by atoms with E-state index in [0.29, 0.717) is 56.5 Å². The van der Waals surface area contributed by atoms with Gasteiger partial charge in [0.2, 0.25) is 5.69 Å². The first-order valence-corrected chi connectivity index (χ1v) is 23.5. The molecule has 2 aromatic heterocycles. The first-order valence-electron chi connectivity index (χ1n) is 22.8. The highest BCUT2D eigenvalue weighted by Crippen LogP contribution is 2.38. The number of pyridine rings is 2. The Labute approximate surface area is 428 Å². The third-order valence-corrected chi connectivity index (χ3v) is 12.7. The number of carboxylic acids is 2. The summed E-state index contributed by atoms with van der Waals surface area (Å²) in [6, 6.07) is 22.5. The number of hydrogen-bond donors (Lipinski definition) is 5. The number of aliphatic hydroxyl groups is 2. The molecule has 0 amide bonds. The minimum atomic E-state index is -1.58. The highest BCUT2D eigenvalue weighted by molar-refractivity contribution is 6.32. The van der Waals surface area contributed by atoms with Gasteiger partial charge in [-0.2, -0.15) is 5.26 Å². The Bertz CT molecular complexity index is 2830. The summed E-state index contributed by atoms with van der Waals surface area (Å²) in [6.45, 7) is 17.4. The van der Waals surface area contributed by atoms with Crippen LogP contribution in [-0.4, -0.2) is 59.6 Å². The van der Waals surface area contributed by atoms with E-state index in [0.717, 1.165) is 33.4 Å². The molecule has 374 valence electrons. The van der Waals surface area contributed by atoms with Crippen molar-refractivity contribution < 1.29 is 49.0 Å². The molecule has 0 saturated carbocycles. The highest BCUT2D eigenvalue weighted by Gasteiger charge is 2.34. The Balaban J connectivity index is 1.22. The van der Waals surface area contributed by atoms with Crippen molar-refractivity contribution in [1.29, 1.82) is 5.26 Å². The van der Waals surface area contributed by atoms with E-state index in [1.165, 1.54) is 40.1 Å². The van der Waals surface area contributed by atoms with Crippen LogP contribution in [0, 0.1) is 37.7 Å². The van der Waals surface area contributed by atoms with Crippen molar-refractivity contribution in [3.05, 3.63) is 169 Å². The van der Waals surface area contributed by atoms with Crippen molar-refractivity contribution in [3.63, 3.8) is 0 Å². The number of aromatic nitrogens is 2. The topological polar surface area (TPSA) is 218 Å². The lowest BCUT2D eigenvalue weighted by molar-refractivity contribution is -0.150. The third kappa shape index (κ3) is 14.0. The second-order valence-electron chi connectivity index (χ2n) is 18.4. The van der Waals surface area contributed by atoms with E-state index in [2.05, 4.69) is 26.2 Å². The number of aryl methyl sites for hydroxylation is 1. The maximum absolute atomic E-state index is 12.1. The fourth-order valence-electron chi connectivity index (χ4n) is 8.04. The minimum absolute atomic E-state index is 0.0211. The van der Waals surface area contributed by atoms with Gasteiger partial charge in [0.25, 0.3) is 0 Å². The van der Waals surface area contributed by atoms with Crippen molar-refractivity contribution in [1.82, 2.24) is 15.3 Å². The number of carbonyl (C=O) groups is 2. The SMILES string of the molecule is [C-]#[N+]c1cncc(COc2cc(OCc3cccc(-c4cccc(COc5cc(OCc6cncc(C#N)c6)c(CN[C@H](C(=O)O)C(C)(C)O)cc5Cl)c4C)c3C)c(Cl)cc2CC[C@H](C(=O)O)C(C)(C)O)c1. The number of nitrogens with zero attached hydrogens (tertiary/aromatic N) is 4. The van der Waals surface area contributed by atoms with Crippen LogP contribution in [0.2, 0.25) is 10.0 Å². The summed E-state index contributed by atoms with van der Waals surface area (Å²) < 4.78 is 25.2. The van der Waals surface area contributed by atoms with Gasteiger partial charge < -0.3 is 39.4 Å². The lowest BCUT2D eigenvalue weighted by Gasteiger charge is -2.27. The zero-order chi connectivity index (χ0) is 52.3. The fourth-order valence-corrected chi connectivity index (χ4v) is 8.52. The lowest BCUT2D eigenvalue weighted by Crippen LogP contribution is -2.51. The average molecular weight is 1020 g/mol. The van der Waals surface area contributed by atoms with E-state index in [9.17, 15) is 35.3 Å². The molecule has 72 heavy (non-hydrogen) atoms. The molecule has 0 radical (unpaired) electrons. The van der Waals surface area contributed by atoms with Gasteiger partial charge in [-0.15, -0.1) is 0 Å². The molecule has 15 nitrogen and oxygen atoms in total. The van der Waals surface area contributed by atoms with Crippen LogP contribution in [0.15, 0.2) is 97.6 Å². The molecule has 0 fully saturated rings. The number of aliphatic carboxylic acids is 2. The van der Waals surface area contributed by atoms with Gasteiger partial charge in [-0.1, -0.05) is 59.6 Å². The molecule has 0 bridgehead atoms. The van der Waals surface area contributed by atoms with E-state index in [1.54, 1.807) is 48.8 Å². The Kier molecular flexibility index (Phi) is 17.9. The predicted molar refractivity (Wildman–Crippen MR) is 271 cm³/mol. The zero-order valence-electron chi connectivity index (χ0n) is 40.6. The first kappa shape index (κ1) is 54.1. The predicted octanol–water partition coefficient (Wildman–Crippen LogP) is 10.5. The van der Waals surface area contributed by atoms with Crippen LogP contribution in [0.1, 0.15) is 84.2 Å². The maximum Gasteiger partial charge on any atom is 0.323 e. The van der Waals surface area contributed by atoms with Gasteiger partial charge in [0.05, 0.1) is 39.3 Å². The highest BCUT2D eigenvalue weighted by atomic mass is 35.5. The van der Waals surface area contributed by atoms with Crippen molar-refractivity contribution in [3.8, 4) is 40.2 Å². The van der Waals surface area contributed by atoms with Crippen LogP contribution >= 0.6 is 23.2 Å². The van der Waals surface area contributed by atoms with Gasteiger partial charge in [0.15, 0.2) is 0 Å². The molecule has 6 aromatic rings. The number of benzene rings is 4. The molecule has 17 heteroatoms. The number of hydrogen-bond acceptors (Lipinski definition) is 12. The van der Waals surface area contributed by atoms with E-state index in [-0.39, 0.29) is 55.9 Å². The molecule has 0 saturated heterocycles. The summed E-state index contributed by atoms with van der Waals surface area (Å²) in [5.41, 5.74) is 5.66. The number of nitrogens with one attached hydrogen (secondary N) is 1. The monoisotopic (exact) mass is 1020 g/mol. The van der Waals surface area contributed by atoms with Gasteiger partial charge in [-0.3, -0.25) is 24.9 Å². The molecule has 0 spiro atoms. The van der Waals surface area contributed by atoms with Crippen LogP contribution in [0.4, 0.5) is 5.69 Å². The molecule has 2 heterocycles. The molecular formula is C55H55Cl2N5O10. The minimum Gasteiger partial charge on any atom is -0.488 e. The summed E-state index contributed by atoms with van der Waals surface area (Å²) in [4.78, 5) is 35.8.